The van der Waals surface area contributed by atoms with Gasteiger partial charge in [-0.05, 0) is 67.4 Å². The zero-order valence-electron chi connectivity index (χ0n) is 29.3. The number of anilines is 1. The van der Waals surface area contributed by atoms with Crippen LogP contribution in [0.25, 0.3) is 0 Å². The molecule has 0 atom stereocenters. The highest BCUT2D eigenvalue weighted by Gasteiger charge is 2.52. The molecule has 0 saturated heterocycles. The fraction of sp³-hybridized carbons (Fsp3) is 0.256. The van der Waals surface area contributed by atoms with E-state index in [1.165, 1.54) is 85.7 Å². The van der Waals surface area contributed by atoms with Crippen LogP contribution in [0.2, 0.25) is 0 Å². The molecule has 0 unspecified atom stereocenters. The molecule has 53 heavy (non-hydrogen) atoms. The zero-order valence-corrected chi connectivity index (χ0v) is 29.3. The second kappa shape index (κ2) is 17.4. The summed E-state index contributed by atoms with van der Waals surface area (Å²) in [5.74, 6) is -4.22. The Morgan fingerprint density at radius 2 is 1.32 bits per heavy atom. The van der Waals surface area contributed by atoms with Crippen LogP contribution in [0.15, 0.2) is 97.1 Å². The number of nitrogens with zero attached hydrogens (tertiary/aromatic N) is 1. The van der Waals surface area contributed by atoms with Crippen molar-refractivity contribution in [3.8, 4) is 11.5 Å². The molecule has 0 heterocycles. The van der Waals surface area contributed by atoms with Crippen molar-refractivity contribution in [2.45, 2.75) is 31.9 Å². The van der Waals surface area contributed by atoms with Crippen molar-refractivity contribution in [1.29, 1.82) is 0 Å². The molecule has 11 nitrogen and oxygen atoms in total. The minimum absolute atomic E-state index is 0.00149. The van der Waals surface area contributed by atoms with Gasteiger partial charge in [0.1, 0.15) is 18.1 Å². The van der Waals surface area contributed by atoms with E-state index in [-0.39, 0.29) is 47.1 Å². The van der Waals surface area contributed by atoms with Gasteiger partial charge in [-0.25, -0.2) is 0 Å². The predicted octanol–water partition coefficient (Wildman–Crippen LogP) is 6.60. The van der Waals surface area contributed by atoms with E-state index in [0.29, 0.717) is 5.56 Å². The number of esters is 3. The minimum atomic E-state index is -4.60. The van der Waals surface area contributed by atoms with Gasteiger partial charge in [0.05, 0.1) is 42.0 Å². The number of amides is 2. The molecule has 278 valence electrons. The number of halogens is 3. The number of para-hydroxylation sites is 1. The van der Waals surface area contributed by atoms with Crippen LogP contribution in [-0.2, 0) is 46.6 Å². The second-order valence-corrected chi connectivity index (χ2v) is 11.7. The summed E-state index contributed by atoms with van der Waals surface area (Å²) in [7, 11) is 2.97. The lowest BCUT2D eigenvalue weighted by molar-refractivity contribution is -0.170. The molecule has 2 amide bonds. The van der Waals surface area contributed by atoms with Crippen molar-refractivity contribution in [1.82, 2.24) is 4.90 Å². The largest absolute Gasteiger partial charge is 0.465 e. The van der Waals surface area contributed by atoms with E-state index < -0.39 is 59.9 Å². The summed E-state index contributed by atoms with van der Waals surface area (Å²) in [5, 5.41) is 2.65. The number of nitrogens with one attached hydrogen (secondary N) is 1. The van der Waals surface area contributed by atoms with Crippen molar-refractivity contribution < 1.29 is 56.1 Å². The Morgan fingerprint density at radius 1 is 0.698 bits per heavy atom. The quantitative estimate of drug-likeness (QED) is 0.0863. The summed E-state index contributed by atoms with van der Waals surface area (Å²) in [6.45, 7) is 2.29. The molecular formula is C39H37F3N2O9. The summed E-state index contributed by atoms with van der Waals surface area (Å²) in [6, 6.07) is 22.3. The first-order valence-corrected chi connectivity index (χ1v) is 16.4. The fourth-order valence-corrected chi connectivity index (χ4v) is 5.18. The first kappa shape index (κ1) is 39.6. The normalized spacial score (nSPS) is 11.2. The third kappa shape index (κ3) is 9.58. The molecule has 0 saturated carbocycles. The highest BCUT2D eigenvalue weighted by Crippen LogP contribution is 2.34. The molecule has 0 bridgehead atoms. The predicted molar refractivity (Wildman–Crippen MR) is 186 cm³/mol. The summed E-state index contributed by atoms with van der Waals surface area (Å²) in [5.41, 5.74) is -2.51. The number of hydrogen-bond acceptors (Lipinski definition) is 9. The van der Waals surface area contributed by atoms with Crippen molar-refractivity contribution in [3.05, 3.63) is 125 Å². The van der Waals surface area contributed by atoms with Gasteiger partial charge in [0.2, 0.25) is 5.41 Å². The Kier molecular flexibility index (Phi) is 13.0. The molecule has 14 heteroatoms. The molecule has 0 aliphatic rings. The molecule has 0 aliphatic carbocycles. The molecule has 4 aromatic rings. The van der Waals surface area contributed by atoms with Gasteiger partial charge in [-0.1, -0.05) is 54.6 Å². The van der Waals surface area contributed by atoms with Crippen LogP contribution in [0.4, 0.5) is 18.9 Å². The lowest BCUT2D eigenvalue weighted by Crippen LogP contribution is -2.50. The second-order valence-electron chi connectivity index (χ2n) is 11.7. The van der Waals surface area contributed by atoms with Gasteiger partial charge in [0.15, 0.2) is 0 Å². The van der Waals surface area contributed by atoms with E-state index in [1.54, 1.807) is 32.0 Å². The number of hydrogen-bond donors (Lipinski definition) is 1. The smallest absolute Gasteiger partial charge is 0.416 e. The van der Waals surface area contributed by atoms with E-state index in [2.05, 4.69) is 5.32 Å². The molecule has 0 fully saturated rings. The first-order chi connectivity index (χ1) is 25.2. The molecule has 0 radical (unpaired) electrons. The minimum Gasteiger partial charge on any atom is -0.465 e. The van der Waals surface area contributed by atoms with E-state index in [0.717, 1.165) is 12.1 Å². The van der Waals surface area contributed by atoms with Crippen LogP contribution < -0.4 is 10.1 Å². The number of benzene rings is 4. The Hall–Kier alpha value is -6.18. The standard InChI is InChI=1S/C39H37F3N2O9/c1-5-50-36(48)38(37(49)51-6-2,26-13-8-7-9-14-26)24-52-33(45)22-25-19-20-31(30(21-25)35(47)44(3)4)43-34(46)29-17-10-11-18-32(29)53-28-16-12-15-27(23-28)39(40,41)42/h7-21,23H,5-6,22,24H2,1-4H3,(H,43,46). The third-order valence-corrected chi connectivity index (χ3v) is 7.80. The Bertz CT molecular complexity index is 1950. The van der Waals surface area contributed by atoms with Gasteiger partial charge in [-0.2, -0.15) is 13.2 Å². The van der Waals surface area contributed by atoms with E-state index in [1.807, 2.05) is 0 Å². The van der Waals surface area contributed by atoms with E-state index in [9.17, 15) is 37.1 Å². The summed E-state index contributed by atoms with van der Waals surface area (Å²) >= 11 is 0. The SMILES string of the molecule is CCOC(=O)C(COC(=O)Cc1ccc(NC(=O)c2ccccc2Oc2cccc(C(F)(F)F)c2)c(C(=O)N(C)C)c1)(C(=O)OCC)c1ccccc1. The van der Waals surface area contributed by atoms with Crippen LogP contribution in [0, 0.1) is 0 Å². The van der Waals surface area contributed by atoms with Crippen molar-refractivity contribution >= 4 is 35.4 Å². The highest BCUT2D eigenvalue weighted by molar-refractivity contribution is 6.10. The number of carbonyl (C=O) groups excluding carboxylic acids is 5. The lowest BCUT2D eigenvalue weighted by atomic mass is 9.81. The van der Waals surface area contributed by atoms with Crippen LogP contribution in [0.3, 0.4) is 0 Å². The van der Waals surface area contributed by atoms with Crippen molar-refractivity contribution in [2.24, 2.45) is 0 Å². The molecule has 0 aromatic heterocycles. The monoisotopic (exact) mass is 734 g/mol. The van der Waals surface area contributed by atoms with Crippen molar-refractivity contribution in [3.63, 3.8) is 0 Å². The lowest BCUT2D eigenvalue weighted by Gasteiger charge is -2.29. The highest BCUT2D eigenvalue weighted by atomic mass is 19.4. The number of ether oxygens (including phenoxy) is 4. The van der Waals surface area contributed by atoms with Crippen LogP contribution in [0.1, 0.15) is 51.3 Å². The molecule has 0 spiro atoms. The summed E-state index contributed by atoms with van der Waals surface area (Å²) < 4.78 is 61.4. The van der Waals surface area contributed by atoms with Gasteiger partial charge in [0, 0.05) is 14.1 Å². The molecule has 1 N–H and O–H groups in total. The average Bonchev–Trinajstić information content (AvgIpc) is 3.13. The third-order valence-electron chi connectivity index (χ3n) is 7.80. The van der Waals surface area contributed by atoms with Gasteiger partial charge < -0.3 is 29.2 Å². The van der Waals surface area contributed by atoms with Crippen molar-refractivity contribution in [2.75, 3.05) is 39.2 Å². The maximum Gasteiger partial charge on any atom is 0.416 e. The number of carbonyl (C=O) groups is 5. The van der Waals surface area contributed by atoms with Crippen LogP contribution in [-0.4, -0.2) is 68.5 Å². The van der Waals surface area contributed by atoms with Gasteiger partial charge in [0.25, 0.3) is 11.8 Å². The topological polar surface area (TPSA) is 138 Å². The van der Waals surface area contributed by atoms with E-state index >= 15 is 0 Å². The summed E-state index contributed by atoms with van der Waals surface area (Å²) in [4.78, 5) is 67.8. The van der Waals surface area contributed by atoms with Crippen LogP contribution >= 0.6 is 0 Å². The Balaban J connectivity index is 1.58. The first-order valence-electron chi connectivity index (χ1n) is 16.4. The molecule has 4 aromatic carbocycles. The maximum absolute atomic E-state index is 13.5. The molecule has 0 aliphatic heterocycles. The fourth-order valence-electron chi connectivity index (χ4n) is 5.18. The van der Waals surface area contributed by atoms with Crippen LogP contribution in [0.5, 0.6) is 11.5 Å². The number of alkyl halides is 3. The molecular weight excluding hydrogens is 697 g/mol. The zero-order chi connectivity index (χ0) is 38.8. The Labute approximate surface area is 303 Å². The summed E-state index contributed by atoms with van der Waals surface area (Å²) in [6.07, 6.45) is -5.00. The van der Waals surface area contributed by atoms with Gasteiger partial charge in [-0.3, -0.25) is 24.0 Å². The number of rotatable bonds is 14. The van der Waals surface area contributed by atoms with Gasteiger partial charge >= 0.3 is 24.1 Å². The Morgan fingerprint density at radius 3 is 1.94 bits per heavy atom. The molecule has 4 rings (SSSR count). The van der Waals surface area contributed by atoms with E-state index in [4.69, 9.17) is 18.9 Å². The van der Waals surface area contributed by atoms with Gasteiger partial charge in [-0.15, -0.1) is 0 Å². The average molecular weight is 735 g/mol. The maximum atomic E-state index is 13.5.